The summed E-state index contributed by atoms with van der Waals surface area (Å²) in [7, 11) is 0. The fourth-order valence-electron chi connectivity index (χ4n) is 2.37. The molecule has 0 bridgehead atoms. The zero-order valence-corrected chi connectivity index (χ0v) is 9.81. The molecule has 0 aliphatic heterocycles. The Balaban J connectivity index is 2.27. The molecule has 0 atom stereocenters. The van der Waals surface area contributed by atoms with Crippen LogP contribution in [0.5, 0.6) is 0 Å². The molecule has 3 rings (SSSR count). The van der Waals surface area contributed by atoms with Gasteiger partial charge in [0.25, 0.3) is 0 Å². The summed E-state index contributed by atoms with van der Waals surface area (Å²) in [5.41, 5.74) is 4.70. The van der Waals surface area contributed by atoms with E-state index in [1.807, 2.05) is 30.3 Å². The highest BCUT2D eigenvalue weighted by Gasteiger charge is 2.25. The van der Waals surface area contributed by atoms with E-state index < -0.39 is 0 Å². The SMILES string of the molecule is C=C1c2ccccc2C(=O)c2ccc(CO)cc21. The molecule has 1 N–H and O–H groups in total. The maximum absolute atomic E-state index is 12.3. The molecular weight excluding hydrogens is 224 g/mol. The van der Waals surface area contributed by atoms with Crippen molar-refractivity contribution in [1.82, 2.24) is 0 Å². The number of aliphatic hydroxyl groups excluding tert-OH is 1. The lowest BCUT2D eigenvalue weighted by molar-refractivity contribution is 0.103. The Kier molecular flexibility index (Phi) is 2.39. The smallest absolute Gasteiger partial charge is 0.194 e. The Hall–Kier alpha value is -2.19. The summed E-state index contributed by atoms with van der Waals surface area (Å²) < 4.78 is 0. The number of carbonyl (C=O) groups excluding carboxylic acids is 1. The van der Waals surface area contributed by atoms with Gasteiger partial charge in [-0.15, -0.1) is 0 Å². The Bertz CT molecular complexity index is 669. The first-order chi connectivity index (χ1) is 8.72. The van der Waals surface area contributed by atoms with Gasteiger partial charge in [0, 0.05) is 11.1 Å². The fourth-order valence-corrected chi connectivity index (χ4v) is 2.37. The highest BCUT2D eigenvalue weighted by Crippen LogP contribution is 2.34. The summed E-state index contributed by atoms with van der Waals surface area (Å²) in [5.74, 6) is 0.0255. The molecule has 1 aliphatic rings. The van der Waals surface area contributed by atoms with Crippen molar-refractivity contribution in [3.63, 3.8) is 0 Å². The first-order valence-electron chi connectivity index (χ1n) is 5.79. The minimum atomic E-state index is -0.0314. The molecule has 0 amide bonds. The van der Waals surface area contributed by atoms with Crippen LogP contribution in [-0.2, 0) is 6.61 Å². The van der Waals surface area contributed by atoms with Crippen molar-refractivity contribution in [3.05, 3.63) is 76.9 Å². The van der Waals surface area contributed by atoms with Crippen molar-refractivity contribution < 1.29 is 9.90 Å². The van der Waals surface area contributed by atoms with E-state index in [9.17, 15) is 9.90 Å². The van der Waals surface area contributed by atoms with E-state index in [2.05, 4.69) is 6.58 Å². The maximum atomic E-state index is 12.3. The number of carbonyl (C=O) groups is 1. The number of benzene rings is 2. The normalized spacial score (nSPS) is 13.2. The van der Waals surface area contributed by atoms with E-state index in [-0.39, 0.29) is 12.4 Å². The largest absolute Gasteiger partial charge is 0.392 e. The second-order valence-corrected chi connectivity index (χ2v) is 4.39. The monoisotopic (exact) mass is 236 g/mol. The van der Waals surface area contributed by atoms with E-state index in [1.165, 1.54) is 0 Å². The molecule has 0 unspecified atom stereocenters. The van der Waals surface area contributed by atoms with Crippen LogP contribution in [0.1, 0.15) is 32.6 Å². The zero-order chi connectivity index (χ0) is 12.7. The molecule has 0 radical (unpaired) electrons. The number of ketones is 1. The number of hydrogen-bond donors (Lipinski definition) is 1. The Labute approximate surface area is 105 Å². The van der Waals surface area contributed by atoms with Crippen LogP contribution in [0, 0.1) is 0 Å². The first kappa shape index (κ1) is 10.9. The number of aliphatic hydroxyl groups is 1. The molecule has 2 nitrogen and oxygen atoms in total. The third-order valence-electron chi connectivity index (χ3n) is 3.33. The lowest BCUT2D eigenvalue weighted by Gasteiger charge is -2.21. The van der Waals surface area contributed by atoms with E-state index >= 15 is 0 Å². The second-order valence-electron chi connectivity index (χ2n) is 4.39. The zero-order valence-electron chi connectivity index (χ0n) is 9.81. The summed E-state index contributed by atoms with van der Waals surface area (Å²) >= 11 is 0. The molecule has 88 valence electrons. The molecule has 0 saturated heterocycles. The summed E-state index contributed by atoms with van der Waals surface area (Å²) in [6, 6.07) is 12.9. The van der Waals surface area contributed by atoms with E-state index in [1.54, 1.807) is 12.1 Å². The molecule has 18 heavy (non-hydrogen) atoms. The summed E-state index contributed by atoms with van der Waals surface area (Å²) in [6.45, 7) is 4.04. The molecule has 2 heteroatoms. The third-order valence-corrected chi connectivity index (χ3v) is 3.33. The van der Waals surface area contributed by atoms with Crippen molar-refractivity contribution in [2.75, 3.05) is 0 Å². The van der Waals surface area contributed by atoms with Gasteiger partial charge in [0.05, 0.1) is 6.61 Å². The fraction of sp³-hybridized carbons (Fsp3) is 0.0625. The third kappa shape index (κ3) is 1.43. The van der Waals surface area contributed by atoms with Crippen molar-refractivity contribution in [3.8, 4) is 0 Å². The minimum Gasteiger partial charge on any atom is -0.392 e. The standard InChI is InChI=1S/C16H12O2/c1-10-12-4-2-3-5-13(12)16(18)14-7-6-11(9-17)8-15(10)14/h2-8,17H,1,9H2. The van der Waals surface area contributed by atoms with Crippen molar-refractivity contribution in [2.24, 2.45) is 0 Å². The van der Waals surface area contributed by atoms with Gasteiger partial charge >= 0.3 is 0 Å². The van der Waals surface area contributed by atoms with Crippen molar-refractivity contribution >= 4 is 11.4 Å². The Morgan fingerprint density at radius 3 is 2.33 bits per heavy atom. The highest BCUT2D eigenvalue weighted by atomic mass is 16.3. The maximum Gasteiger partial charge on any atom is 0.194 e. The van der Waals surface area contributed by atoms with Crippen LogP contribution in [0.15, 0.2) is 49.0 Å². The molecule has 1 aliphatic carbocycles. The van der Waals surface area contributed by atoms with E-state index in [4.69, 9.17) is 0 Å². The van der Waals surface area contributed by atoms with Gasteiger partial charge in [0.15, 0.2) is 5.78 Å². The van der Waals surface area contributed by atoms with Crippen molar-refractivity contribution in [1.29, 1.82) is 0 Å². The Morgan fingerprint density at radius 1 is 0.944 bits per heavy atom. The highest BCUT2D eigenvalue weighted by molar-refractivity contribution is 6.18. The predicted octanol–water partition coefficient (Wildman–Crippen LogP) is 2.78. The van der Waals surface area contributed by atoms with Gasteiger partial charge in [-0.25, -0.2) is 0 Å². The van der Waals surface area contributed by atoms with Gasteiger partial charge in [0.1, 0.15) is 0 Å². The van der Waals surface area contributed by atoms with Gasteiger partial charge in [-0.3, -0.25) is 4.79 Å². The first-order valence-corrected chi connectivity index (χ1v) is 5.79. The summed E-state index contributed by atoms with van der Waals surface area (Å²) in [5, 5.41) is 9.17. The number of fused-ring (bicyclic) bond motifs is 2. The van der Waals surface area contributed by atoms with Gasteiger partial charge in [-0.05, 0) is 28.3 Å². The van der Waals surface area contributed by atoms with Crippen LogP contribution >= 0.6 is 0 Å². The molecule has 2 aromatic carbocycles. The molecular formula is C16H12O2. The van der Waals surface area contributed by atoms with Gasteiger partial charge in [-0.1, -0.05) is 43.0 Å². The van der Waals surface area contributed by atoms with E-state index in [0.29, 0.717) is 11.1 Å². The van der Waals surface area contributed by atoms with Crippen molar-refractivity contribution in [2.45, 2.75) is 6.61 Å². The molecule has 2 aromatic rings. The van der Waals surface area contributed by atoms with Gasteiger partial charge in [-0.2, -0.15) is 0 Å². The topological polar surface area (TPSA) is 37.3 Å². The molecule has 0 saturated carbocycles. The van der Waals surface area contributed by atoms with Crippen LogP contribution in [0.25, 0.3) is 5.57 Å². The number of hydrogen-bond acceptors (Lipinski definition) is 2. The summed E-state index contributed by atoms with van der Waals surface area (Å²) in [4.78, 5) is 12.3. The van der Waals surface area contributed by atoms with Crippen LogP contribution in [-0.4, -0.2) is 10.9 Å². The number of rotatable bonds is 1. The predicted molar refractivity (Wildman–Crippen MR) is 70.4 cm³/mol. The van der Waals surface area contributed by atoms with E-state index in [0.717, 1.165) is 22.3 Å². The van der Waals surface area contributed by atoms with Crippen LogP contribution in [0.3, 0.4) is 0 Å². The molecule has 0 spiro atoms. The lowest BCUT2D eigenvalue weighted by atomic mass is 9.81. The van der Waals surface area contributed by atoms with Gasteiger partial charge < -0.3 is 5.11 Å². The second kappa shape index (κ2) is 3.93. The average molecular weight is 236 g/mol. The molecule has 0 heterocycles. The Morgan fingerprint density at radius 2 is 1.61 bits per heavy atom. The van der Waals surface area contributed by atoms with Crippen LogP contribution in [0.2, 0.25) is 0 Å². The van der Waals surface area contributed by atoms with Crippen LogP contribution in [0.4, 0.5) is 0 Å². The quantitative estimate of drug-likeness (QED) is 0.705. The minimum absolute atomic E-state index is 0.0255. The lowest BCUT2D eigenvalue weighted by Crippen LogP contribution is -2.14. The molecule has 0 aromatic heterocycles. The summed E-state index contributed by atoms with van der Waals surface area (Å²) in [6.07, 6.45) is 0. The molecule has 0 fully saturated rings. The van der Waals surface area contributed by atoms with Gasteiger partial charge in [0.2, 0.25) is 0 Å². The van der Waals surface area contributed by atoms with Crippen LogP contribution < -0.4 is 0 Å². The average Bonchev–Trinajstić information content (AvgIpc) is 2.44.